The van der Waals surface area contributed by atoms with Gasteiger partial charge in [0.15, 0.2) is 0 Å². The van der Waals surface area contributed by atoms with Crippen molar-refractivity contribution in [2.75, 3.05) is 26.3 Å². The molecule has 1 heterocycles. The molecule has 0 fully saturated rings. The average molecular weight is 264 g/mol. The number of carbonyl (C=O) groups excluding carboxylic acids is 2. The van der Waals surface area contributed by atoms with Crippen LogP contribution in [0.4, 0.5) is 0 Å². The number of fused-ring (bicyclic) bond motifs is 1. The van der Waals surface area contributed by atoms with E-state index in [1.165, 1.54) is 0 Å². The van der Waals surface area contributed by atoms with Crippen LogP contribution in [0.15, 0.2) is 24.3 Å². The standard InChI is InChI=1S/C13H16N2O4/c16-8-3-6-14-7-9-19-15-12(17)10-4-1-2-5-11(10)13(15)18/h1-2,4-5,14,16H,3,6-9H2. The second-order valence-corrected chi connectivity index (χ2v) is 4.11. The molecule has 2 rings (SSSR count). The highest BCUT2D eigenvalue weighted by molar-refractivity contribution is 6.20. The van der Waals surface area contributed by atoms with Crippen molar-refractivity contribution in [2.24, 2.45) is 0 Å². The zero-order chi connectivity index (χ0) is 13.7. The molecule has 0 spiro atoms. The van der Waals surface area contributed by atoms with Crippen LogP contribution in [0.1, 0.15) is 27.1 Å². The summed E-state index contributed by atoms with van der Waals surface area (Å²) in [7, 11) is 0. The smallest absolute Gasteiger partial charge is 0.285 e. The number of carbonyl (C=O) groups is 2. The number of imide groups is 1. The third-order valence-electron chi connectivity index (χ3n) is 2.77. The second kappa shape index (κ2) is 6.42. The van der Waals surface area contributed by atoms with E-state index in [-0.39, 0.29) is 13.2 Å². The molecule has 1 aromatic rings. The van der Waals surface area contributed by atoms with Gasteiger partial charge < -0.3 is 10.4 Å². The van der Waals surface area contributed by atoms with Gasteiger partial charge in [0.05, 0.1) is 17.7 Å². The van der Waals surface area contributed by atoms with E-state index in [1.54, 1.807) is 24.3 Å². The van der Waals surface area contributed by atoms with Crippen LogP contribution in [0, 0.1) is 0 Å². The average Bonchev–Trinajstić information content (AvgIpc) is 2.68. The fourth-order valence-electron chi connectivity index (χ4n) is 1.82. The van der Waals surface area contributed by atoms with E-state index in [9.17, 15) is 9.59 Å². The van der Waals surface area contributed by atoms with E-state index in [0.717, 1.165) is 5.06 Å². The number of nitrogens with one attached hydrogen (secondary N) is 1. The molecule has 102 valence electrons. The minimum absolute atomic E-state index is 0.131. The van der Waals surface area contributed by atoms with Crippen molar-refractivity contribution >= 4 is 11.8 Å². The molecule has 0 unspecified atom stereocenters. The van der Waals surface area contributed by atoms with Crippen molar-refractivity contribution in [3.63, 3.8) is 0 Å². The molecule has 1 aliphatic rings. The van der Waals surface area contributed by atoms with Crippen LogP contribution < -0.4 is 5.32 Å². The summed E-state index contributed by atoms with van der Waals surface area (Å²) >= 11 is 0. The maximum absolute atomic E-state index is 11.9. The lowest BCUT2D eigenvalue weighted by atomic mass is 10.1. The Morgan fingerprint density at radius 1 is 1.11 bits per heavy atom. The lowest BCUT2D eigenvalue weighted by Gasteiger charge is -2.13. The van der Waals surface area contributed by atoms with Crippen LogP contribution in [-0.2, 0) is 4.84 Å². The summed E-state index contributed by atoms with van der Waals surface area (Å²) in [5, 5.41) is 12.4. The number of hydrogen-bond acceptors (Lipinski definition) is 5. The zero-order valence-corrected chi connectivity index (χ0v) is 10.5. The Morgan fingerprint density at radius 3 is 2.32 bits per heavy atom. The summed E-state index contributed by atoms with van der Waals surface area (Å²) in [5.74, 6) is -0.841. The molecule has 0 saturated heterocycles. The summed E-state index contributed by atoms with van der Waals surface area (Å²) in [5.41, 5.74) is 0.751. The molecule has 1 aliphatic heterocycles. The number of aliphatic hydroxyl groups is 1. The highest BCUT2D eigenvalue weighted by Crippen LogP contribution is 2.22. The summed E-state index contributed by atoms with van der Waals surface area (Å²) in [4.78, 5) is 29.0. The summed E-state index contributed by atoms with van der Waals surface area (Å²) in [6.07, 6.45) is 0.660. The molecule has 2 amide bonds. The molecule has 6 heteroatoms. The molecule has 19 heavy (non-hydrogen) atoms. The number of hydroxylamine groups is 2. The number of rotatable bonds is 7. The highest BCUT2D eigenvalue weighted by Gasteiger charge is 2.36. The molecular weight excluding hydrogens is 248 g/mol. The van der Waals surface area contributed by atoms with Gasteiger partial charge in [0, 0.05) is 13.2 Å². The maximum Gasteiger partial charge on any atom is 0.285 e. The Balaban J connectivity index is 1.83. The Hall–Kier alpha value is -1.76. The molecular formula is C13H16N2O4. The van der Waals surface area contributed by atoms with E-state index >= 15 is 0 Å². The first-order chi connectivity index (χ1) is 9.25. The van der Waals surface area contributed by atoms with Crippen molar-refractivity contribution in [3.8, 4) is 0 Å². The van der Waals surface area contributed by atoms with Crippen LogP contribution in [-0.4, -0.2) is 48.3 Å². The predicted octanol–water partition coefficient (Wildman–Crippen LogP) is 0.186. The quantitative estimate of drug-likeness (QED) is 0.543. The Bertz CT molecular complexity index is 440. The van der Waals surface area contributed by atoms with Gasteiger partial charge in [-0.1, -0.05) is 12.1 Å². The first kappa shape index (κ1) is 13.7. The first-order valence-corrected chi connectivity index (χ1v) is 6.18. The summed E-state index contributed by atoms with van der Waals surface area (Å²) in [6, 6.07) is 6.64. The molecule has 0 radical (unpaired) electrons. The number of nitrogens with zero attached hydrogens (tertiary/aromatic N) is 1. The predicted molar refractivity (Wildman–Crippen MR) is 67.5 cm³/mol. The van der Waals surface area contributed by atoms with Gasteiger partial charge in [-0.25, -0.2) is 0 Å². The first-order valence-electron chi connectivity index (χ1n) is 6.18. The maximum atomic E-state index is 11.9. The molecule has 0 bridgehead atoms. The van der Waals surface area contributed by atoms with Gasteiger partial charge in [-0.2, -0.15) is 0 Å². The van der Waals surface area contributed by atoms with E-state index in [1.807, 2.05) is 0 Å². The Morgan fingerprint density at radius 2 is 1.74 bits per heavy atom. The minimum atomic E-state index is -0.420. The SMILES string of the molecule is O=C1c2ccccc2C(=O)N1OCCNCCCO. The highest BCUT2D eigenvalue weighted by atomic mass is 16.7. The van der Waals surface area contributed by atoms with Crippen LogP contribution in [0.3, 0.4) is 0 Å². The van der Waals surface area contributed by atoms with Gasteiger partial charge in [0.2, 0.25) is 0 Å². The fraction of sp³-hybridized carbons (Fsp3) is 0.385. The van der Waals surface area contributed by atoms with Crippen molar-refractivity contribution in [2.45, 2.75) is 6.42 Å². The minimum Gasteiger partial charge on any atom is -0.396 e. The van der Waals surface area contributed by atoms with Crippen LogP contribution in [0.2, 0.25) is 0 Å². The van der Waals surface area contributed by atoms with Gasteiger partial charge >= 0.3 is 0 Å². The third-order valence-corrected chi connectivity index (χ3v) is 2.77. The van der Waals surface area contributed by atoms with Gasteiger partial charge in [-0.15, -0.1) is 5.06 Å². The molecule has 0 saturated carbocycles. The normalized spacial score (nSPS) is 14.1. The monoisotopic (exact) mass is 264 g/mol. The van der Waals surface area contributed by atoms with E-state index < -0.39 is 11.8 Å². The Labute approximate surface area is 110 Å². The lowest BCUT2D eigenvalue weighted by molar-refractivity contribution is -0.0897. The zero-order valence-electron chi connectivity index (χ0n) is 10.5. The van der Waals surface area contributed by atoms with E-state index in [2.05, 4.69) is 5.32 Å². The van der Waals surface area contributed by atoms with Crippen LogP contribution >= 0.6 is 0 Å². The molecule has 6 nitrogen and oxygen atoms in total. The number of amides is 2. The molecule has 0 atom stereocenters. The van der Waals surface area contributed by atoms with E-state index in [4.69, 9.17) is 9.94 Å². The van der Waals surface area contributed by atoms with Crippen molar-refractivity contribution in [1.29, 1.82) is 0 Å². The van der Waals surface area contributed by atoms with Gasteiger partial charge in [-0.3, -0.25) is 14.4 Å². The van der Waals surface area contributed by atoms with E-state index in [0.29, 0.717) is 30.6 Å². The lowest BCUT2D eigenvalue weighted by Crippen LogP contribution is -2.33. The van der Waals surface area contributed by atoms with Crippen molar-refractivity contribution < 1.29 is 19.5 Å². The van der Waals surface area contributed by atoms with Crippen LogP contribution in [0.5, 0.6) is 0 Å². The Kier molecular flexibility index (Phi) is 4.62. The van der Waals surface area contributed by atoms with Crippen molar-refractivity contribution in [1.82, 2.24) is 10.4 Å². The van der Waals surface area contributed by atoms with Gasteiger partial charge in [0.1, 0.15) is 0 Å². The molecule has 2 N–H and O–H groups in total. The second-order valence-electron chi connectivity index (χ2n) is 4.11. The topological polar surface area (TPSA) is 78.9 Å². The molecule has 0 aromatic heterocycles. The fourth-order valence-corrected chi connectivity index (χ4v) is 1.82. The summed E-state index contributed by atoms with van der Waals surface area (Å²) in [6.45, 7) is 1.53. The van der Waals surface area contributed by atoms with Crippen LogP contribution in [0.25, 0.3) is 0 Å². The number of hydrogen-bond donors (Lipinski definition) is 2. The summed E-state index contributed by atoms with van der Waals surface area (Å²) < 4.78 is 0. The largest absolute Gasteiger partial charge is 0.396 e. The van der Waals surface area contributed by atoms with Gasteiger partial charge in [0.25, 0.3) is 11.8 Å². The van der Waals surface area contributed by atoms with Crippen molar-refractivity contribution in [3.05, 3.63) is 35.4 Å². The number of aliphatic hydroxyl groups excluding tert-OH is 1. The molecule has 1 aromatic carbocycles. The molecule has 0 aliphatic carbocycles. The van der Waals surface area contributed by atoms with Gasteiger partial charge in [-0.05, 0) is 25.1 Å². The number of benzene rings is 1. The third kappa shape index (κ3) is 2.98.